The van der Waals surface area contributed by atoms with Crippen molar-refractivity contribution in [2.75, 3.05) is 5.32 Å². The first kappa shape index (κ1) is 17.6. The average molecular weight is 362 g/mol. The summed E-state index contributed by atoms with van der Waals surface area (Å²) in [6, 6.07) is 2.99. The Morgan fingerprint density at radius 3 is 2.69 bits per heavy atom. The van der Waals surface area contributed by atoms with Gasteiger partial charge in [-0.25, -0.2) is 13.6 Å². The quantitative estimate of drug-likeness (QED) is 0.668. The standard InChI is InChI=1S/C17H16F2N4O3/c18-8-4-5-14(11(19)6-8)23-17(26)22-13-3-1-2-12-9(13)7-10(15(20)24)16(25)21-12/h4-7,13H,1-3H2,(H2,20,24)(H,21,25)(H2,22,23,26). The lowest BCUT2D eigenvalue weighted by atomic mass is 9.90. The number of nitrogens with two attached hydrogens (primary N) is 1. The maximum Gasteiger partial charge on any atom is 0.319 e. The van der Waals surface area contributed by atoms with Gasteiger partial charge in [0.15, 0.2) is 0 Å². The van der Waals surface area contributed by atoms with E-state index in [2.05, 4.69) is 15.6 Å². The van der Waals surface area contributed by atoms with E-state index in [4.69, 9.17) is 5.73 Å². The molecule has 7 nitrogen and oxygen atoms in total. The predicted molar refractivity (Wildman–Crippen MR) is 89.8 cm³/mol. The summed E-state index contributed by atoms with van der Waals surface area (Å²) in [5.74, 6) is -2.52. The SMILES string of the molecule is NC(=O)c1cc2c([nH]c1=O)CCCC2NC(=O)Nc1ccc(F)cc1F. The van der Waals surface area contributed by atoms with Crippen LogP contribution in [-0.2, 0) is 6.42 Å². The first-order valence-electron chi connectivity index (χ1n) is 7.93. The molecule has 136 valence electrons. The Balaban J connectivity index is 1.81. The van der Waals surface area contributed by atoms with Crippen LogP contribution < -0.4 is 21.9 Å². The normalized spacial score (nSPS) is 15.8. The smallest absolute Gasteiger partial charge is 0.319 e. The lowest BCUT2D eigenvalue weighted by Gasteiger charge is -2.26. The van der Waals surface area contributed by atoms with Crippen LogP contribution in [0.25, 0.3) is 0 Å². The van der Waals surface area contributed by atoms with E-state index in [1.807, 2.05) is 0 Å². The number of halogens is 2. The summed E-state index contributed by atoms with van der Waals surface area (Å²) in [4.78, 5) is 38.0. The monoisotopic (exact) mass is 362 g/mol. The van der Waals surface area contributed by atoms with Gasteiger partial charge >= 0.3 is 6.03 Å². The largest absolute Gasteiger partial charge is 0.365 e. The molecule has 3 amide bonds. The third-order valence-electron chi connectivity index (χ3n) is 4.20. The van der Waals surface area contributed by atoms with Crippen molar-refractivity contribution in [2.24, 2.45) is 5.73 Å². The molecule has 9 heteroatoms. The van der Waals surface area contributed by atoms with E-state index < -0.39 is 35.2 Å². The number of H-pyrrole nitrogens is 1. The third kappa shape index (κ3) is 3.56. The molecule has 26 heavy (non-hydrogen) atoms. The molecule has 3 rings (SSSR count). The Morgan fingerprint density at radius 2 is 2.00 bits per heavy atom. The Hall–Kier alpha value is -3.23. The van der Waals surface area contributed by atoms with E-state index in [0.29, 0.717) is 36.6 Å². The Kier molecular flexibility index (Phi) is 4.70. The second kappa shape index (κ2) is 6.95. The number of amides is 3. The maximum absolute atomic E-state index is 13.6. The van der Waals surface area contributed by atoms with Gasteiger partial charge in [-0.3, -0.25) is 9.59 Å². The van der Waals surface area contributed by atoms with Crippen molar-refractivity contribution in [3.8, 4) is 0 Å². The number of hydrogen-bond donors (Lipinski definition) is 4. The Labute approximate surface area is 146 Å². The average Bonchev–Trinajstić information content (AvgIpc) is 2.56. The Bertz CT molecular complexity index is 942. The summed E-state index contributed by atoms with van der Waals surface area (Å²) in [6.07, 6.45) is 1.86. The summed E-state index contributed by atoms with van der Waals surface area (Å²) in [7, 11) is 0. The molecule has 1 aromatic carbocycles. The van der Waals surface area contributed by atoms with E-state index in [1.165, 1.54) is 6.07 Å². The maximum atomic E-state index is 13.6. The van der Waals surface area contributed by atoms with E-state index in [0.717, 1.165) is 12.1 Å². The fourth-order valence-electron chi connectivity index (χ4n) is 2.98. The number of primary amides is 1. The van der Waals surface area contributed by atoms with Gasteiger partial charge in [0.2, 0.25) is 0 Å². The molecule has 0 aliphatic heterocycles. The van der Waals surface area contributed by atoms with Gasteiger partial charge in [0.25, 0.3) is 11.5 Å². The lowest BCUT2D eigenvalue weighted by molar-refractivity contribution is 0.0998. The highest BCUT2D eigenvalue weighted by molar-refractivity contribution is 5.93. The molecule has 1 aromatic heterocycles. The number of benzene rings is 1. The molecule has 1 unspecified atom stereocenters. The van der Waals surface area contributed by atoms with Crippen molar-refractivity contribution in [2.45, 2.75) is 25.3 Å². The van der Waals surface area contributed by atoms with E-state index >= 15 is 0 Å². The minimum Gasteiger partial charge on any atom is -0.365 e. The summed E-state index contributed by atoms with van der Waals surface area (Å²) < 4.78 is 26.6. The van der Waals surface area contributed by atoms with Crippen LogP contribution in [0.4, 0.5) is 19.3 Å². The summed E-state index contributed by atoms with van der Waals surface area (Å²) in [5.41, 5.74) is 5.46. The van der Waals surface area contributed by atoms with E-state index in [9.17, 15) is 23.2 Å². The molecule has 0 fully saturated rings. The molecule has 0 spiro atoms. The van der Waals surface area contributed by atoms with Crippen molar-refractivity contribution in [1.29, 1.82) is 0 Å². The number of rotatable bonds is 3. The second-order valence-electron chi connectivity index (χ2n) is 5.98. The highest BCUT2D eigenvalue weighted by atomic mass is 19.1. The van der Waals surface area contributed by atoms with Crippen LogP contribution >= 0.6 is 0 Å². The van der Waals surface area contributed by atoms with Crippen molar-refractivity contribution in [3.63, 3.8) is 0 Å². The zero-order chi connectivity index (χ0) is 18.8. The van der Waals surface area contributed by atoms with Gasteiger partial charge in [0.1, 0.15) is 17.2 Å². The number of carbonyl (C=O) groups excluding carboxylic acids is 2. The highest BCUT2D eigenvalue weighted by Gasteiger charge is 2.25. The number of fused-ring (bicyclic) bond motifs is 1. The fourth-order valence-corrected chi connectivity index (χ4v) is 2.98. The van der Waals surface area contributed by atoms with Gasteiger partial charge in [-0.15, -0.1) is 0 Å². The number of aromatic nitrogens is 1. The van der Waals surface area contributed by atoms with Crippen LogP contribution in [0.5, 0.6) is 0 Å². The van der Waals surface area contributed by atoms with Crippen LogP contribution in [0.15, 0.2) is 29.1 Å². The zero-order valence-corrected chi connectivity index (χ0v) is 13.6. The molecular weight excluding hydrogens is 346 g/mol. The van der Waals surface area contributed by atoms with Crippen LogP contribution in [0.2, 0.25) is 0 Å². The molecule has 0 radical (unpaired) electrons. The number of pyridine rings is 1. The van der Waals surface area contributed by atoms with Gasteiger partial charge < -0.3 is 21.4 Å². The second-order valence-corrected chi connectivity index (χ2v) is 5.98. The van der Waals surface area contributed by atoms with Crippen molar-refractivity contribution in [3.05, 3.63) is 63.1 Å². The number of aromatic amines is 1. The van der Waals surface area contributed by atoms with Crippen LogP contribution in [0.3, 0.4) is 0 Å². The summed E-state index contributed by atoms with van der Waals surface area (Å²) in [6.45, 7) is 0. The van der Waals surface area contributed by atoms with Gasteiger partial charge in [-0.1, -0.05) is 0 Å². The number of carbonyl (C=O) groups is 2. The molecule has 1 heterocycles. The van der Waals surface area contributed by atoms with Crippen LogP contribution in [0.1, 0.15) is 40.5 Å². The molecule has 1 aliphatic rings. The number of nitrogens with one attached hydrogen (secondary N) is 3. The minimum atomic E-state index is -0.899. The van der Waals surface area contributed by atoms with Crippen molar-refractivity contribution in [1.82, 2.24) is 10.3 Å². The number of hydrogen-bond acceptors (Lipinski definition) is 3. The van der Waals surface area contributed by atoms with Crippen molar-refractivity contribution < 1.29 is 18.4 Å². The molecule has 5 N–H and O–H groups in total. The lowest BCUT2D eigenvalue weighted by Crippen LogP contribution is -2.36. The van der Waals surface area contributed by atoms with Crippen LogP contribution in [-0.4, -0.2) is 16.9 Å². The van der Waals surface area contributed by atoms with E-state index in [-0.39, 0.29) is 11.3 Å². The highest BCUT2D eigenvalue weighted by Crippen LogP contribution is 2.28. The first-order chi connectivity index (χ1) is 12.3. The summed E-state index contributed by atoms with van der Waals surface area (Å²) in [5, 5.41) is 4.98. The predicted octanol–water partition coefficient (Wildman–Crippen LogP) is 1.95. The molecular formula is C17H16F2N4O3. The van der Waals surface area contributed by atoms with Gasteiger partial charge in [-0.05, 0) is 43.0 Å². The molecule has 2 aromatic rings. The number of anilines is 1. The first-order valence-corrected chi connectivity index (χ1v) is 7.93. The number of urea groups is 1. The fraction of sp³-hybridized carbons (Fsp3) is 0.235. The molecule has 1 atom stereocenters. The number of aryl methyl sites for hydroxylation is 1. The zero-order valence-electron chi connectivity index (χ0n) is 13.6. The molecule has 0 saturated heterocycles. The molecule has 0 saturated carbocycles. The molecule has 0 bridgehead atoms. The summed E-state index contributed by atoms with van der Waals surface area (Å²) >= 11 is 0. The van der Waals surface area contributed by atoms with Crippen molar-refractivity contribution >= 4 is 17.6 Å². The van der Waals surface area contributed by atoms with Gasteiger partial charge in [-0.2, -0.15) is 0 Å². The topological polar surface area (TPSA) is 117 Å². The van der Waals surface area contributed by atoms with Gasteiger partial charge in [0.05, 0.1) is 11.7 Å². The minimum absolute atomic E-state index is 0.167. The van der Waals surface area contributed by atoms with E-state index in [1.54, 1.807) is 0 Å². The molecule has 1 aliphatic carbocycles. The van der Waals surface area contributed by atoms with Crippen LogP contribution in [0, 0.1) is 11.6 Å². The Morgan fingerprint density at radius 1 is 1.23 bits per heavy atom. The van der Waals surface area contributed by atoms with Gasteiger partial charge in [0, 0.05) is 11.8 Å². The third-order valence-corrected chi connectivity index (χ3v) is 4.20.